The fraction of sp³-hybridized carbons (Fsp3) is 0.562. The predicted octanol–water partition coefficient (Wildman–Crippen LogP) is 1.26. The average Bonchev–Trinajstić information content (AvgIpc) is 2.49. The lowest BCUT2D eigenvalue weighted by Gasteiger charge is -2.36. The third kappa shape index (κ3) is 4.11. The maximum atomic E-state index is 12.1. The van der Waals surface area contributed by atoms with Crippen LogP contribution in [0.15, 0.2) is 24.3 Å². The van der Waals surface area contributed by atoms with Crippen molar-refractivity contribution >= 4 is 17.3 Å². The van der Waals surface area contributed by atoms with E-state index in [1.807, 2.05) is 36.9 Å². The van der Waals surface area contributed by atoms with Gasteiger partial charge in [-0.2, -0.15) is 0 Å². The number of likely N-dealkylation sites (N-methyl/N-ethyl adjacent to an activating group) is 1. The molecule has 21 heavy (non-hydrogen) atoms. The van der Waals surface area contributed by atoms with Crippen LogP contribution in [0, 0.1) is 0 Å². The molecule has 1 aromatic carbocycles. The number of nitrogens with zero attached hydrogens (tertiary/aromatic N) is 3. The van der Waals surface area contributed by atoms with Crippen molar-refractivity contribution in [2.24, 2.45) is 0 Å². The lowest BCUT2D eigenvalue weighted by atomic mass is 10.2. The van der Waals surface area contributed by atoms with Gasteiger partial charge in [-0.3, -0.25) is 9.69 Å². The molecule has 0 aromatic heterocycles. The third-order valence-corrected chi connectivity index (χ3v) is 4.08. The number of hydrogen-bond acceptors (Lipinski definition) is 4. The second kappa shape index (κ2) is 7.31. The number of hydrogen-bond donors (Lipinski definition) is 1. The number of rotatable bonds is 5. The molecule has 1 aliphatic rings. The molecule has 2 N–H and O–H groups in total. The summed E-state index contributed by atoms with van der Waals surface area (Å²) in [6.07, 6.45) is 0. The molecule has 0 saturated carbocycles. The van der Waals surface area contributed by atoms with Crippen LogP contribution in [0.5, 0.6) is 0 Å². The van der Waals surface area contributed by atoms with E-state index in [9.17, 15) is 4.79 Å². The van der Waals surface area contributed by atoms with Gasteiger partial charge in [-0.15, -0.1) is 0 Å². The number of nitrogens with two attached hydrogens (primary N) is 1. The molecule has 116 valence electrons. The molecule has 0 radical (unpaired) electrons. The number of piperazine rings is 1. The third-order valence-electron chi connectivity index (χ3n) is 4.08. The van der Waals surface area contributed by atoms with E-state index >= 15 is 0 Å². The summed E-state index contributed by atoms with van der Waals surface area (Å²) in [5, 5.41) is 0. The lowest BCUT2D eigenvalue weighted by molar-refractivity contribution is -0.132. The molecule has 1 fully saturated rings. The van der Waals surface area contributed by atoms with Gasteiger partial charge in [-0.1, -0.05) is 6.07 Å². The maximum Gasteiger partial charge on any atom is 0.236 e. The lowest BCUT2D eigenvalue weighted by Crippen LogP contribution is -2.50. The van der Waals surface area contributed by atoms with Gasteiger partial charge in [-0.05, 0) is 32.0 Å². The van der Waals surface area contributed by atoms with Crippen LogP contribution in [0.4, 0.5) is 11.4 Å². The minimum Gasteiger partial charge on any atom is -0.399 e. The van der Waals surface area contributed by atoms with Gasteiger partial charge in [-0.25, -0.2) is 0 Å². The van der Waals surface area contributed by atoms with Gasteiger partial charge < -0.3 is 15.5 Å². The van der Waals surface area contributed by atoms with Crippen molar-refractivity contribution in [2.75, 3.05) is 56.4 Å². The van der Waals surface area contributed by atoms with Crippen molar-refractivity contribution in [3.63, 3.8) is 0 Å². The summed E-state index contributed by atoms with van der Waals surface area (Å²) in [5.41, 5.74) is 7.80. The van der Waals surface area contributed by atoms with E-state index in [-0.39, 0.29) is 5.91 Å². The predicted molar refractivity (Wildman–Crippen MR) is 87.4 cm³/mol. The van der Waals surface area contributed by atoms with Crippen LogP contribution in [0.25, 0.3) is 0 Å². The zero-order valence-electron chi connectivity index (χ0n) is 13.1. The molecule has 1 aliphatic heterocycles. The second-order valence-corrected chi connectivity index (χ2v) is 5.42. The summed E-state index contributed by atoms with van der Waals surface area (Å²) >= 11 is 0. The Hall–Kier alpha value is -1.75. The number of anilines is 2. The Bertz CT molecular complexity index is 465. The molecule has 0 atom stereocenters. The number of amides is 1. The minimum atomic E-state index is 0.234. The van der Waals surface area contributed by atoms with Crippen LogP contribution in [0.1, 0.15) is 13.8 Å². The van der Waals surface area contributed by atoms with Gasteiger partial charge in [0.15, 0.2) is 0 Å². The van der Waals surface area contributed by atoms with Crippen molar-refractivity contribution in [1.29, 1.82) is 0 Å². The molecule has 1 heterocycles. The molecule has 0 unspecified atom stereocenters. The van der Waals surface area contributed by atoms with E-state index in [1.54, 1.807) is 0 Å². The molecule has 5 heteroatoms. The van der Waals surface area contributed by atoms with Crippen molar-refractivity contribution in [3.05, 3.63) is 24.3 Å². The highest BCUT2D eigenvalue weighted by Crippen LogP contribution is 2.19. The standard InChI is InChI=1S/C16H26N4O/c1-3-19(4-2)16(21)13-18-8-10-20(11-9-18)15-7-5-6-14(17)12-15/h5-7,12H,3-4,8-11,13,17H2,1-2H3. The Kier molecular flexibility index (Phi) is 5.44. The molecule has 1 saturated heterocycles. The zero-order chi connectivity index (χ0) is 15.2. The fourth-order valence-corrected chi connectivity index (χ4v) is 2.75. The minimum absolute atomic E-state index is 0.234. The molecule has 2 rings (SSSR count). The van der Waals surface area contributed by atoms with Gasteiger partial charge in [0, 0.05) is 50.6 Å². The Balaban J connectivity index is 1.84. The van der Waals surface area contributed by atoms with E-state index in [2.05, 4.69) is 15.9 Å². The van der Waals surface area contributed by atoms with Gasteiger partial charge in [0.2, 0.25) is 5.91 Å². The highest BCUT2D eigenvalue weighted by atomic mass is 16.2. The molecule has 5 nitrogen and oxygen atoms in total. The molecule has 1 amide bonds. The summed E-state index contributed by atoms with van der Waals surface area (Å²) in [7, 11) is 0. The SMILES string of the molecule is CCN(CC)C(=O)CN1CCN(c2cccc(N)c2)CC1. The van der Waals surface area contributed by atoms with E-state index in [1.165, 1.54) is 5.69 Å². The average molecular weight is 290 g/mol. The number of carbonyl (C=O) groups is 1. The molecule has 0 aliphatic carbocycles. The summed E-state index contributed by atoms with van der Waals surface area (Å²) in [5.74, 6) is 0.234. The molecule has 1 aromatic rings. The topological polar surface area (TPSA) is 52.8 Å². The fourth-order valence-electron chi connectivity index (χ4n) is 2.75. The summed E-state index contributed by atoms with van der Waals surface area (Å²) in [6.45, 7) is 9.88. The molecule has 0 bridgehead atoms. The quantitative estimate of drug-likeness (QED) is 0.830. The van der Waals surface area contributed by atoms with Gasteiger partial charge in [0.1, 0.15) is 0 Å². The summed E-state index contributed by atoms with van der Waals surface area (Å²) in [4.78, 5) is 18.6. The van der Waals surface area contributed by atoms with Gasteiger partial charge in [0.05, 0.1) is 6.54 Å². The van der Waals surface area contributed by atoms with E-state index in [0.29, 0.717) is 6.54 Å². The summed E-state index contributed by atoms with van der Waals surface area (Å²) in [6, 6.07) is 7.99. The van der Waals surface area contributed by atoms with Crippen LogP contribution in [0.2, 0.25) is 0 Å². The summed E-state index contributed by atoms with van der Waals surface area (Å²) < 4.78 is 0. The normalized spacial score (nSPS) is 16.0. The smallest absolute Gasteiger partial charge is 0.236 e. The first kappa shape index (κ1) is 15.6. The second-order valence-electron chi connectivity index (χ2n) is 5.42. The number of carbonyl (C=O) groups excluding carboxylic acids is 1. The van der Waals surface area contributed by atoms with Crippen molar-refractivity contribution in [1.82, 2.24) is 9.80 Å². The van der Waals surface area contributed by atoms with Crippen molar-refractivity contribution in [2.45, 2.75) is 13.8 Å². The Labute approximate surface area is 127 Å². The molecule has 0 spiro atoms. The Morgan fingerprint density at radius 1 is 1.19 bits per heavy atom. The van der Waals surface area contributed by atoms with Gasteiger partial charge >= 0.3 is 0 Å². The first-order valence-electron chi connectivity index (χ1n) is 7.74. The zero-order valence-corrected chi connectivity index (χ0v) is 13.1. The maximum absolute atomic E-state index is 12.1. The van der Waals surface area contributed by atoms with E-state index in [0.717, 1.165) is 45.0 Å². The number of nitrogen functional groups attached to an aromatic ring is 1. The Morgan fingerprint density at radius 3 is 2.43 bits per heavy atom. The van der Waals surface area contributed by atoms with Crippen LogP contribution >= 0.6 is 0 Å². The monoisotopic (exact) mass is 290 g/mol. The first-order chi connectivity index (χ1) is 10.1. The molecular formula is C16H26N4O. The van der Waals surface area contributed by atoms with E-state index < -0.39 is 0 Å². The van der Waals surface area contributed by atoms with Crippen LogP contribution in [0.3, 0.4) is 0 Å². The highest BCUT2D eigenvalue weighted by Gasteiger charge is 2.20. The largest absolute Gasteiger partial charge is 0.399 e. The molecular weight excluding hydrogens is 264 g/mol. The number of benzene rings is 1. The highest BCUT2D eigenvalue weighted by molar-refractivity contribution is 5.78. The van der Waals surface area contributed by atoms with Crippen LogP contribution < -0.4 is 10.6 Å². The van der Waals surface area contributed by atoms with Crippen molar-refractivity contribution in [3.8, 4) is 0 Å². The van der Waals surface area contributed by atoms with Gasteiger partial charge in [0.25, 0.3) is 0 Å². The van der Waals surface area contributed by atoms with Crippen LogP contribution in [-0.2, 0) is 4.79 Å². The first-order valence-corrected chi connectivity index (χ1v) is 7.74. The van der Waals surface area contributed by atoms with Crippen LogP contribution in [-0.4, -0.2) is 61.5 Å². The van der Waals surface area contributed by atoms with E-state index in [4.69, 9.17) is 5.73 Å². The van der Waals surface area contributed by atoms with Crippen molar-refractivity contribution < 1.29 is 4.79 Å². The Morgan fingerprint density at radius 2 is 1.86 bits per heavy atom.